The maximum atomic E-state index is 14.7. The van der Waals surface area contributed by atoms with Crippen LogP contribution in [-0.4, -0.2) is 51.3 Å². The number of benzene rings is 2. The maximum absolute atomic E-state index is 14.7. The number of hydrogen-bond acceptors (Lipinski definition) is 6. The zero-order valence-electron chi connectivity index (χ0n) is 23.4. The van der Waals surface area contributed by atoms with Gasteiger partial charge in [-0.3, -0.25) is 14.4 Å². The van der Waals surface area contributed by atoms with E-state index in [1.165, 1.54) is 17.4 Å². The highest BCUT2D eigenvalue weighted by Gasteiger charge is 2.61. The SMILES string of the molecule is O=C1C[C@]2(C(=O)O)C[C@H]2/C=C\CCCCC[C@H](Cc2ccccc2F)C(=O)N2C[C@H](Oc3nc4ccccc4s3)C[C@@H]12. The number of carboxylic acids is 1. The van der Waals surface area contributed by atoms with Crippen molar-refractivity contribution in [2.24, 2.45) is 17.3 Å². The van der Waals surface area contributed by atoms with Gasteiger partial charge in [0.25, 0.3) is 5.19 Å². The summed E-state index contributed by atoms with van der Waals surface area (Å²) in [7, 11) is 0. The highest BCUT2D eigenvalue weighted by Crippen LogP contribution is 2.57. The van der Waals surface area contributed by atoms with Gasteiger partial charge in [-0.05, 0) is 61.8 Å². The average molecular weight is 591 g/mol. The molecule has 1 saturated heterocycles. The zero-order chi connectivity index (χ0) is 29.3. The smallest absolute Gasteiger partial charge is 0.310 e. The monoisotopic (exact) mass is 590 g/mol. The molecule has 0 bridgehead atoms. The van der Waals surface area contributed by atoms with Crippen molar-refractivity contribution in [2.45, 2.75) is 69.9 Å². The Hall–Kier alpha value is -3.59. The van der Waals surface area contributed by atoms with Crippen molar-refractivity contribution in [1.29, 1.82) is 0 Å². The Bertz CT molecular complexity index is 1490. The second-order valence-corrected chi connectivity index (χ2v) is 12.9. The van der Waals surface area contributed by atoms with E-state index in [0.717, 1.165) is 35.9 Å². The summed E-state index contributed by atoms with van der Waals surface area (Å²) < 4.78 is 21.9. The number of Topliss-reactive ketones (excluding diaryl/α,β-unsaturated/α-hetero) is 1. The van der Waals surface area contributed by atoms with Gasteiger partial charge in [0.1, 0.15) is 11.9 Å². The largest absolute Gasteiger partial charge is 0.481 e. The average Bonchev–Trinajstić information content (AvgIpc) is 3.29. The quantitative estimate of drug-likeness (QED) is 0.355. The van der Waals surface area contributed by atoms with E-state index < -0.39 is 29.4 Å². The van der Waals surface area contributed by atoms with Crippen molar-refractivity contribution in [3.8, 4) is 5.19 Å². The number of fused-ring (bicyclic) bond motifs is 3. The van der Waals surface area contributed by atoms with Gasteiger partial charge in [0.2, 0.25) is 5.91 Å². The maximum Gasteiger partial charge on any atom is 0.310 e. The Morgan fingerprint density at radius 3 is 2.74 bits per heavy atom. The first-order valence-electron chi connectivity index (χ1n) is 14.8. The predicted octanol–water partition coefficient (Wildman–Crippen LogP) is 6.21. The zero-order valence-corrected chi connectivity index (χ0v) is 24.2. The summed E-state index contributed by atoms with van der Waals surface area (Å²) >= 11 is 1.41. The van der Waals surface area contributed by atoms with Gasteiger partial charge in [-0.1, -0.05) is 66.7 Å². The van der Waals surface area contributed by atoms with E-state index in [2.05, 4.69) is 4.98 Å². The van der Waals surface area contributed by atoms with Crippen molar-refractivity contribution in [1.82, 2.24) is 9.88 Å². The molecule has 2 aromatic carbocycles. The topological polar surface area (TPSA) is 96.8 Å². The molecule has 0 unspecified atom stereocenters. The van der Waals surface area contributed by atoms with Crippen LogP contribution in [0, 0.1) is 23.1 Å². The molecule has 3 aromatic rings. The fourth-order valence-electron chi connectivity index (χ4n) is 6.58. The molecular weight excluding hydrogens is 555 g/mol. The number of carboxylic acid groups (broad SMARTS) is 1. The molecule has 9 heteroatoms. The van der Waals surface area contributed by atoms with Crippen LogP contribution in [0.5, 0.6) is 5.19 Å². The summed E-state index contributed by atoms with van der Waals surface area (Å²) in [5.74, 6) is -2.45. The second kappa shape index (κ2) is 12.0. The fourth-order valence-corrected chi connectivity index (χ4v) is 7.46. The number of ketones is 1. The van der Waals surface area contributed by atoms with Crippen LogP contribution in [0.15, 0.2) is 60.7 Å². The third-order valence-electron chi connectivity index (χ3n) is 9.07. The first-order valence-corrected chi connectivity index (χ1v) is 15.6. The molecule has 3 heterocycles. The lowest BCUT2D eigenvalue weighted by atomic mass is 9.90. The highest BCUT2D eigenvalue weighted by atomic mass is 32.1. The van der Waals surface area contributed by atoms with Crippen LogP contribution in [0.3, 0.4) is 0 Å². The molecule has 5 atom stereocenters. The molecular formula is C33H35FN2O5S. The van der Waals surface area contributed by atoms with Gasteiger partial charge in [0, 0.05) is 18.8 Å². The normalized spacial score (nSPS) is 29.3. The van der Waals surface area contributed by atoms with Crippen LogP contribution >= 0.6 is 11.3 Å². The molecule has 2 aliphatic heterocycles. The molecule has 0 spiro atoms. The number of aromatic nitrogens is 1. The number of rotatable bonds is 5. The van der Waals surface area contributed by atoms with Crippen molar-refractivity contribution in [3.05, 3.63) is 72.1 Å². The third kappa shape index (κ3) is 5.84. The van der Waals surface area contributed by atoms with Crippen LogP contribution < -0.4 is 4.74 Å². The van der Waals surface area contributed by atoms with E-state index in [-0.39, 0.29) is 49.2 Å². The number of nitrogens with zero attached hydrogens (tertiary/aromatic N) is 2. The summed E-state index contributed by atoms with van der Waals surface area (Å²) in [6.45, 7) is 0.197. The molecule has 2 fully saturated rings. The number of halogens is 1. The number of hydrogen-bond donors (Lipinski definition) is 1. The Kier molecular flexibility index (Phi) is 8.12. The van der Waals surface area contributed by atoms with E-state index in [1.807, 2.05) is 36.4 Å². The van der Waals surface area contributed by atoms with E-state index in [9.17, 15) is 23.9 Å². The van der Waals surface area contributed by atoms with E-state index in [4.69, 9.17) is 4.74 Å². The van der Waals surface area contributed by atoms with Crippen molar-refractivity contribution in [3.63, 3.8) is 0 Å². The number of thiazole rings is 1. The minimum atomic E-state index is -1.12. The van der Waals surface area contributed by atoms with Crippen LogP contribution in [0.1, 0.15) is 56.9 Å². The molecule has 0 radical (unpaired) electrons. The number of ether oxygens (including phenoxy) is 1. The molecule has 6 rings (SSSR count). The van der Waals surface area contributed by atoms with E-state index in [1.54, 1.807) is 23.1 Å². The summed E-state index contributed by atoms with van der Waals surface area (Å²) in [5.41, 5.74) is 0.173. The van der Waals surface area contributed by atoms with Crippen LogP contribution in [-0.2, 0) is 20.8 Å². The van der Waals surface area contributed by atoms with Crippen LogP contribution in [0.4, 0.5) is 4.39 Å². The van der Waals surface area contributed by atoms with E-state index in [0.29, 0.717) is 23.6 Å². The molecule has 1 aliphatic carbocycles. The lowest BCUT2D eigenvalue weighted by molar-refractivity contribution is -0.147. The van der Waals surface area contributed by atoms with Gasteiger partial charge in [-0.2, -0.15) is 0 Å². The molecule has 1 aromatic heterocycles. The van der Waals surface area contributed by atoms with Gasteiger partial charge in [-0.15, -0.1) is 0 Å². The fraction of sp³-hybridized carbons (Fsp3) is 0.455. The Balaban J connectivity index is 1.29. The Labute approximate surface area is 248 Å². The number of carbonyl (C=O) groups excluding carboxylic acids is 2. The predicted molar refractivity (Wildman–Crippen MR) is 158 cm³/mol. The van der Waals surface area contributed by atoms with Crippen LogP contribution in [0.25, 0.3) is 10.2 Å². The molecule has 7 nitrogen and oxygen atoms in total. The second-order valence-electron chi connectivity index (χ2n) is 11.9. The number of carbonyl (C=O) groups is 3. The summed E-state index contributed by atoms with van der Waals surface area (Å²) in [4.78, 5) is 46.6. The number of aliphatic carboxylic acids is 1. The standard InChI is InChI=1S/C33H35FN2O5S/c34-25-13-7-6-10-21(25)16-22-11-4-2-1-3-5-12-23-18-33(23,31(39)40)19-28(37)27-17-24(20-36(27)30(22)38)41-32-35-26-14-8-9-15-29(26)42-32/h5-10,12-15,22-24,27H,1-4,11,16-20H2,(H,39,40)/b12-5-/t22-,23-,24-,27+,33-/m1/s1. The van der Waals surface area contributed by atoms with Crippen LogP contribution in [0.2, 0.25) is 0 Å². The van der Waals surface area contributed by atoms with Gasteiger partial charge >= 0.3 is 5.97 Å². The minimum absolute atomic E-state index is 0.127. The molecule has 3 aliphatic rings. The summed E-state index contributed by atoms with van der Waals surface area (Å²) in [6, 6.07) is 13.4. The first kappa shape index (κ1) is 28.5. The van der Waals surface area contributed by atoms with Crippen molar-refractivity contribution in [2.75, 3.05) is 6.54 Å². The molecule has 220 valence electrons. The van der Waals surface area contributed by atoms with Gasteiger partial charge < -0.3 is 14.7 Å². The van der Waals surface area contributed by atoms with Gasteiger partial charge in [-0.25, -0.2) is 9.37 Å². The number of amides is 1. The summed E-state index contributed by atoms with van der Waals surface area (Å²) in [6.07, 6.45) is 8.38. The molecule has 1 saturated carbocycles. The lowest BCUT2D eigenvalue weighted by Crippen LogP contribution is -2.45. The molecule has 1 amide bonds. The highest BCUT2D eigenvalue weighted by molar-refractivity contribution is 7.20. The molecule has 42 heavy (non-hydrogen) atoms. The molecule has 1 N–H and O–H groups in total. The number of para-hydroxylation sites is 1. The van der Waals surface area contributed by atoms with Crippen molar-refractivity contribution >= 4 is 39.2 Å². The lowest BCUT2D eigenvalue weighted by Gasteiger charge is -2.29. The Morgan fingerprint density at radius 1 is 1.12 bits per heavy atom. The summed E-state index contributed by atoms with van der Waals surface area (Å²) in [5, 5.41) is 10.6. The number of allylic oxidation sites excluding steroid dienone is 2. The third-order valence-corrected chi connectivity index (χ3v) is 10.0. The minimum Gasteiger partial charge on any atom is -0.481 e. The van der Waals surface area contributed by atoms with Gasteiger partial charge in [0.15, 0.2) is 5.78 Å². The van der Waals surface area contributed by atoms with E-state index >= 15 is 0 Å². The van der Waals surface area contributed by atoms with Gasteiger partial charge in [0.05, 0.1) is 28.2 Å². The van der Waals surface area contributed by atoms with Crippen molar-refractivity contribution < 1.29 is 28.6 Å². The first-order chi connectivity index (χ1) is 20.3. The Morgan fingerprint density at radius 2 is 1.93 bits per heavy atom.